The van der Waals surface area contributed by atoms with Crippen LogP contribution in [-0.4, -0.2) is 23.8 Å². The van der Waals surface area contributed by atoms with Gasteiger partial charge in [0, 0.05) is 6.04 Å². The Morgan fingerprint density at radius 3 is 2.69 bits per heavy atom. The first-order valence-electron chi connectivity index (χ1n) is 6.92. The van der Waals surface area contributed by atoms with Crippen molar-refractivity contribution in [2.24, 2.45) is 17.8 Å². The van der Waals surface area contributed by atoms with E-state index < -0.39 is 0 Å². The molecule has 5 atom stereocenters. The molecule has 0 aromatic carbocycles. The van der Waals surface area contributed by atoms with Crippen molar-refractivity contribution in [3.8, 4) is 0 Å². The molecule has 2 heteroatoms. The lowest BCUT2D eigenvalue weighted by molar-refractivity contribution is 0.0881. The van der Waals surface area contributed by atoms with Crippen LogP contribution in [0.2, 0.25) is 0 Å². The Morgan fingerprint density at radius 1 is 1.12 bits per heavy atom. The summed E-state index contributed by atoms with van der Waals surface area (Å²) in [4.78, 5) is 0. The van der Waals surface area contributed by atoms with Gasteiger partial charge in [0.25, 0.3) is 0 Å². The van der Waals surface area contributed by atoms with Gasteiger partial charge >= 0.3 is 0 Å². The second kappa shape index (κ2) is 4.50. The smallest absolute Gasteiger partial charge is 0.0693 e. The van der Waals surface area contributed by atoms with Crippen LogP contribution in [0, 0.1) is 17.8 Å². The molecule has 0 aliphatic heterocycles. The summed E-state index contributed by atoms with van der Waals surface area (Å²) in [7, 11) is 0. The first-order valence-corrected chi connectivity index (χ1v) is 6.92. The third kappa shape index (κ3) is 2.05. The maximum absolute atomic E-state index is 9.90. The molecule has 5 unspecified atom stereocenters. The van der Waals surface area contributed by atoms with E-state index in [-0.39, 0.29) is 6.10 Å². The lowest BCUT2D eigenvalue weighted by Gasteiger charge is -2.30. The molecule has 0 radical (unpaired) electrons. The monoisotopic (exact) mass is 221 g/mol. The van der Waals surface area contributed by atoms with Crippen LogP contribution in [0.25, 0.3) is 0 Å². The molecule has 0 amide bonds. The highest BCUT2D eigenvalue weighted by Crippen LogP contribution is 2.43. The average Bonchev–Trinajstić information content (AvgIpc) is 2.90. The Bertz CT molecular complexity index is 276. The summed E-state index contributed by atoms with van der Waals surface area (Å²) in [6.07, 6.45) is 12.1. The van der Waals surface area contributed by atoms with Gasteiger partial charge in [-0.2, -0.15) is 0 Å². The molecule has 2 saturated carbocycles. The number of fused-ring (bicyclic) bond motifs is 2. The molecule has 0 saturated heterocycles. The SMILES string of the molecule is OC1CCCCC1NCC1CC2C=CC1C2. The predicted octanol–water partition coefficient (Wildman–Crippen LogP) is 2.09. The van der Waals surface area contributed by atoms with Crippen molar-refractivity contribution in [3.63, 3.8) is 0 Å². The Morgan fingerprint density at radius 2 is 2.00 bits per heavy atom. The van der Waals surface area contributed by atoms with Gasteiger partial charge in [0.05, 0.1) is 6.10 Å². The van der Waals surface area contributed by atoms with Crippen LogP contribution in [0.1, 0.15) is 38.5 Å². The van der Waals surface area contributed by atoms with Gasteiger partial charge in [-0.3, -0.25) is 0 Å². The molecule has 3 aliphatic carbocycles. The van der Waals surface area contributed by atoms with Crippen molar-refractivity contribution in [2.75, 3.05) is 6.54 Å². The van der Waals surface area contributed by atoms with Gasteiger partial charge < -0.3 is 10.4 Å². The number of aliphatic hydroxyl groups is 1. The summed E-state index contributed by atoms with van der Waals surface area (Å²) in [5.41, 5.74) is 0. The van der Waals surface area contributed by atoms with Crippen molar-refractivity contribution < 1.29 is 5.11 Å². The van der Waals surface area contributed by atoms with E-state index in [2.05, 4.69) is 17.5 Å². The van der Waals surface area contributed by atoms with Gasteiger partial charge in [-0.15, -0.1) is 0 Å². The summed E-state index contributed by atoms with van der Waals surface area (Å²) in [6.45, 7) is 1.12. The molecule has 2 N–H and O–H groups in total. The van der Waals surface area contributed by atoms with Gasteiger partial charge in [0.1, 0.15) is 0 Å². The highest BCUT2D eigenvalue weighted by atomic mass is 16.3. The van der Waals surface area contributed by atoms with Gasteiger partial charge in [0.2, 0.25) is 0 Å². The van der Waals surface area contributed by atoms with E-state index in [1.54, 1.807) is 0 Å². The zero-order valence-corrected chi connectivity index (χ0v) is 9.94. The van der Waals surface area contributed by atoms with E-state index in [9.17, 15) is 5.11 Å². The van der Waals surface area contributed by atoms with E-state index in [0.717, 1.165) is 37.1 Å². The number of nitrogens with one attached hydrogen (secondary N) is 1. The largest absolute Gasteiger partial charge is 0.392 e. The van der Waals surface area contributed by atoms with E-state index in [0.29, 0.717) is 6.04 Å². The van der Waals surface area contributed by atoms with Crippen LogP contribution in [0.3, 0.4) is 0 Å². The summed E-state index contributed by atoms with van der Waals surface area (Å²) >= 11 is 0. The Balaban J connectivity index is 1.47. The number of aliphatic hydroxyl groups excluding tert-OH is 1. The highest BCUT2D eigenvalue weighted by molar-refractivity contribution is 5.10. The predicted molar refractivity (Wildman–Crippen MR) is 65.1 cm³/mol. The molecule has 2 bridgehead atoms. The van der Waals surface area contributed by atoms with Crippen molar-refractivity contribution in [2.45, 2.75) is 50.7 Å². The molecule has 3 rings (SSSR count). The molecule has 0 spiro atoms. The van der Waals surface area contributed by atoms with Gasteiger partial charge in [-0.25, -0.2) is 0 Å². The first kappa shape index (κ1) is 10.8. The zero-order chi connectivity index (χ0) is 11.0. The topological polar surface area (TPSA) is 32.3 Å². The Kier molecular flexibility index (Phi) is 3.03. The highest BCUT2D eigenvalue weighted by Gasteiger charge is 2.35. The van der Waals surface area contributed by atoms with Crippen molar-refractivity contribution in [1.29, 1.82) is 0 Å². The van der Waals surface area contributed by atoms with E-state index in [1.165, 1.54) is 25.7 Å². The maximum atomic E-state index is 9.90. The molecular formula is C14H23NO. The number of rotatable bonds is 3. The van der Waals surface area contributed by atoms with Crippen molar-refractivity contribution >= 4 is 0 Å². The first-order chi connectivity index (χ1) is 7.83. The van der Waals surface area contributed by atoms with Crippen LogP contribution < -0.4 is 5.32 Å². The minimum atomic E-state index is -0.0946. The fourth-order valence-corrected chi connectivity index (χ4v) is 3.78. The van der Waals surface area contributed by atoms with Crippen LogP contribution >= 0.6 is 0 Å². The lowest BCUT2D eigenvalue weighted by atomic mass is 9.90. The third-order valence-electron chi connectivity index (χ3n) is 4.79. The third-order valence-corrected chi connectivity index (χ3v) is 4.79. The van der Waals surface area contributed by atoms with Crippen molar-refractivity contribution in [1.82, 2.24) is 5.32 Å². The fourth-order valence-electron chi connectivity index (χ4n) is 3.78. The second-order valence-electron chi connectivity index (χ2n) is 5.91. The quantitative estimate of drug-likeness (QED) is 0.715. The van der Waals surface area contributed by atoms with Crippen molar-refractivity contribution in [3.05, 3.63) is 12.2 Å². The van der Waals surface area contributed by atoms with Crippen LogP contribution in [0.4, 0.5) is 0 Å². The van der Waals surface area contributed by atoms with Gasteiger partial charge in [-0.05, 0) is 50.0 Å². The number of allylic oxidation sites excluding steroid dienone is 2. The van der Waals surface area contributed by atoms with E-state index >= 15 is 0 Å². The molecule has 0 heterocycles. The van der Waals surface area contributed by atoms with Gasteiger partial charge in [0.15, 0.2) is 0 Å². The molecule has 0 aromatic heterocycles. The molecular weight excluding hydrogens is 198 g/mol. The summed E-state index contributed by atoms with van der Waals surface area (Å²) in [6, 6.07) is 0.372. The summed E-state index contributed by atoms with van der Waals surface area (Å²) < 4.78 is 0. The normalized spacial score (nSPS) is 46.4. The molecule has 2 nitrogen and oxygen atoms in total. The van der Waals surface area contributed by atoms with Crippen LogP contribution in [0.15, 0.2) is 12.2 Å². The van der Waals surface area contributed by atoms with Gasteiger partial charge in [-0.1, -0.05) is 25.0 Å². The second-order valence-corrected chi connectivity index (χ2v) is 5.91. The minimum Gasteiger partial charge on any atom is -0.392 e. The molecule has 0 aromatic rings. The minimum absolute atomic E-state index is 0.0946. The summed E-state index contributed by atoms with van der Waals surface area (Å²) in [5.74, 6) is 2.54. The maximum Gasteiger partial charge on any atom is 0.0693 e. The Hall–Kier alpha value is -0.340. The zero-order valence-electron chi connectivity index (χ0n) is 9.94. The van der Waals surface area contributed by atoms with E-state index in [1.807, 2.05) is 0 Å². The standard InChI is InChI=1S/C14H23NO/c16-14-4-2-1-3-13(14)15-9-12-8-10-5-6-11(12)7-10/h5-6,10-16H,1-4,7-9H2. The fraction of sp³-hybridized carbons (Fsp3) is 0.857. The molecule has 90 valence electrons. The van der Waals surface area contributed by atoms with Crippen LogP contribution in [-0.2, 0) is 0 Å². The number of hydrogen-bond donors (Lipinski definition) is 2. The lowest BCUT2D eigenvalue weighted by Crippen LogP contribution is -2.44. The summed E-state index contributed by atoms with van der Waals surface area (Å²) in [5, 5.41) is 13.5. The van der Waals surface area contributed by atoms with E-state index in [4.69, 9.17) is 0 Å². The Labute approximate surface area is 98.1 Å². The average molecular weight is 221 g/mol. The number of hydrogen-bond acceptors (Lipinski definition) is 2. The molecule has 3 aliphatic rings. The molecule has 2 fully saturated rings. The van der Waals surface area contributed by atoms with Crippen LogP contribution in [0.5, 0.6) is 0 Å². The molecule has 16 heavy (non-hydrogen) atoms.